The highest BCUT2D eigenvalue weighted by atomic mass is 79.9. The molecule has 2 atom stereocenters. The van der Waals surface area contributed by atoms with Gasteiger partial charge in [0.25, 0.3) is 0 Å². The first-order valence-electron chi connectivity index (χ1n) is 5.89. The molecule has 0 saturated heterocycles. The summed E-state index contributed by atoms with van der Waals surface area (Å²) in [6.07, 6.45) is 2.59. The first-order valence-corrected chi connectivity index (χ1v) is 9.39. The number of halogens is 1. The normalized spacial score (nSPS) is 23.7. The molecule has 0 amide bonds. The molecule has 106 valence electrons. The van der Waals surface area contributed by atoms with Gasteiger partial charge in [-0.15, -0.1) is 11.3 Å². The average Bonchev–Trinajstić information content (AvgIpc) is 2.84. The molecule has 0 bridgehead atoms. The van der Waals surface area contributed by atoms with Crippen molar-refractivity contribution in [2.75, 3.05) is 0 Å². The van der Waals surface area contributed by atoms with E-state index < -0.39 is 10.0 Å². The maximum atomic E-state index is 12.4. The molecule has 0 spiro atoms. The van der Waals surface area contributed by atoms with Gasteiger partial charge in [0.1, 0.15) is 0 Å². The minimum Gasteiger partial charge on any atom is -0.393 e. The summed E-state index contributed by atoms with van der Waals surface area (Å²) in [5.74, 6) is -0.0350. The second-order valence-corrected chi connectivity index (χ2v) is 9.43. The third kappa shape index (κ3) is 3.36. The quantitative estimate of drug-likeness (QED) is 0.784. The van der Waals surface area contributed by atoms with Gasteiger partial charge < -0.3 is 5.73 Å². The van der Waals surface area contributed by atoms with E-state index in [1.165, 1.54) is 11.3 Å². The molecule has 0 aliphatic heterocycles. The molecule has 1 heterocycles. The summed E-state index contributed by atoms with van der Waals surface area (Å²) in [5.41, 5.74) is 5.67. The molecule has 2 unspecified atom stereocenters. The van der Waals surface area contributed by atoms with Crippen LogP contribution in [0, 0.1) is 12.8 Å². The topological polar surface area (TPSA) is 72.2 Å². The third-order valence-corrected chi connectivity index (χ3v) is 6.92. The fraction of sp³-hybridized carbons (Fsp3) is 0.545. The number of thiophene rings is 1. The molecule has 1 aromatic heterocycles. The lowest BCUT2D eigenvalue weighted by Crippen LogP contribution is -2.41. The van der Waals surface area contributed by atoms with Crippen LogP contribution in [0.25, 0.3) is 0 Å². The summed E-state index contributed by atoms with van der Waals surface area (Å²) < 4.78 is 28.3. The van der Waals surface area contributed by atoms with Gasteiger partial charge in [0.2, 0.25) is 10.0 Å². The highest BCUT2D eigenvalue weighted by Gasteiger charge is 2.33. The van der Waals surface area contributed by atoms with Crippen molar-refractivity contribution in [1.29, 1.82) is 0 Å². The Morgan fingerprint density at radius 2 is 2.26 bits per heavy atom. The van der Waals surface area contributed by atoms with Crippen LogP contribution in [0.15, 0.2) is 14.7 Å². The van der Waals surface area contributed by atoms with Crippen LogP contribution < -0.4 is 10.5 Å². The highest BCUT2D eigenvalue weighted by Crippen LogP contribution is 2.32. The van der Waals surface area contributed by atoms with Crippen LogP contribution >= 0.6 is 39.5 Å². The summed E-state index contributed by atoms with van der Waals surface area (Å²) in [6.45, 7) is 1.80. The van der Waals surface area contributed by atoms with Crippen molar-refractivity contribution in [1.82, 2.24) is 4.72 Å². The van der Waals surface area contributed by atoms with Crippen LogP contribution in [0.4, 0.5) is 0 Å². The van der Waals surface area contributed by atoms with E-state index in [-0.39, 0.29) is 12.0 Å². The van der Waals surface area contributed by atoms with Gasteiger partial charge in [-0.05, 0) is 41.8 Å². The molecule has 8 heteroatoms. The maximum Gasteiger partial charge on any atom is 0.241 e. The summed E-state index contributed by atoms with van der Waals surface area (Å²) in [5, 5.41) is 0. The Morgan fingerprint density at radius 1 is 1.58 bits per heavy atom. The molecule has 3 N–H and O–H groups in total. The number of hydrogen-bond donors (Lipinski definition) is 2. The van der Waals surface area contributed by atoms with Crippen molar-refractivity contribution in [3.8, 4) is 0 Å². The van der Waals surface area contributed by atoms with Crippen LogP contribution in [-0.2, 0) is 10.0 Å². The summed E-state index contributed by atoms with van der Waals surface area (Å²) in [6, 6.07) is 1.45. The number of rotatable bonds is 4. The number of thiocarbonyl (C=S) groups is 1. The van der Waals surface area contributed by atoms with Crippen LogP contribution in [-0.4, -0.2) is 19.4 Å². The standard InChI is InChI=1S/C11H15BrN2O2S3/c1-6-9(5-10(12)18-6)19(15,16)14-8-4-2-3-7(8)11(13)17/h5,7-8,14H,2-4H2,1H3,(H2,13,17). The molecule has 2 rings (SSSR count). The van der Waals surface area contributed by atoms with Gasteiger partial charge in [0.15, 0.2) is 0 Å². The van der Waals surface area contributed by atoms with E-state index in [2.05, 4.69) is 20.7 Å². The Balaban J connectivity index is 2.22. The molecule has 1 aliphatic rings. The van der Waals surface area contributed by atoms with Crippen molar-refractivity contribution in [3.05, 3.63) is 14.7 Å². The second kappa shape index (κ2) is 5.77. The molecule has 1 aliphatic carbocycles. The minimum atomic E-state index is -3.50. The Bertz CT molecular complexity index is 597. The zero-order valence-electron chi connectivity index (χ0n) is 10.3. The van der Waals surface area contributed by atoms with Crippen LogP contribution in [0.1, 0.15) is 24.1 Å². The number of sulfonamides is 1. The summed E-state index contributed by atoms with van der Waals surface area (Å²) in [7, 11) is -3.50. The van der Waals surface area contributed by atoms with Crippen molar-refractivity contribution < 1.29 is 8.42 Å². The Hall–Kier alpha value is -0.0200. The monoisotopic (exact) mass is 382 g/mol. The average molecular weight is 383 g/mol. The van der Waals surface area contributed by atoms with Crippen LogP contribution in [0.5, 0.6) is 0 Å². The molecular weight excluding hydrogens is 368 g/mol. The smallest absolute Gasteiger partial charge is 0.241 e. The van der Waals surface area contributed by atoms with Gasteiger partial charge >= 0.3 is 0 Å². The zero-order valence-corrected chi connectivity index (χ0v) is 14.4. The van der Waals surface area contributed by atoms with E-state index in [0.717, 1.165) is 27.9 Å². The van der Waals surface area contributed by atoms with Gasteiger partial charge in [-0.1, -0.05) is 18.6 Å². The number of aryl methyl sites for hydroxylation is 1. The van der Waals surface area contributed by atoms with Crippen molar-refractivity contribution in [2.45, 2.75) is 37.1 Å². The Labute approximate surface area is 130 Å². The molecule has 4 nitrogen and oxygen atoms in total. The van der Waals surface area contributed by atoms with E-state index in [9.17, 15) is 8.42 Å². The first-order chi connectivity index (χ1) is 8.81. The lowest BCUT2D eigenvalue weighted by atomic mass is 10.1. The predicted octanol–water partition coefficient (Wildman–Crippen LogP) is 2.55. The van der Waals surface area contributed by atoms with Gasteiger partial charge in [0, 0.05) is 16.8 Å². The fourth-order valence-corrected chi connectivity index (χ4v) is 6.41. The van der Waals surface area contributed by atoms with Crippen molar-refractivity contribution in [2.24, 2.45) is 11.7 Å². The molecule has 0 radical (unpaired) electrons. The predicted molar refractivity (Wildman–Crippen MR) is 85.0 cm³/mol. The number of nitrogens with two attached hydrogens (primary N) is 1. The van der Waals surface area contributed by atoms with Gasteiger partial charge in [-0.25, -0.2) is 13.1 Å². The van der Waals surface area contributed by atoms with E-state index in [0.29, 0.717) is 9.88 Å². The molecule has 1 aromatic rings. The highest BCUT2D eigenvalue weighted by molar-refractivity contribution is 9.11. The lowest BCUT2D eigenvalue weighted by Gasteiger charge is -2.19. The van der Waals surface area contributed by atoms with Gasteiger partial charge in [-0.3, -0.25) is 0 Å². The van der Waals surface area contributed by atoms with Crippen molar-refractivity contribution >= 4 is 54.5 Å². The summed E-state index contributed by atoms with van der Waals surface area (Å²) in [4.78, 5) is 1.50. The Kier molecular flexibility index (Phi) is 4.67. The van der Waals surface area contributed by atoms with Crippen LogP contribution in [0.2, 0.25) is 0 Å². The SMILES string of the molecule is Cc1sc(Br)cc1S(=O)(=O)NC1CCCC1C(N)=S. The zero-order chi connectivity index (χ0) is 14.2. The van der Waals surface area contributed by atoms with E-state index in [1.807, 2.05) is 0 Å². The minimum absolute atomic E-state index is 0.0350. The van der Waals surface area contributed by atoms with Gasteiger partial charge in [0.05, 0.1) is 13.7 Å². The molecule has 19 heavy (non-hydrogen) atoms. The summed E-state index contributed by atoms with van der Waals surface area (Å²) >= 11 is 9.72. The fourth-order valence-electron chi connectivity index (χ4n) is 2.40. The van der Waals surface area contributed by atoms with E-state index >= 15 is 0 Å². The van der Waals surface area contributed by atoms with E-state index in [4.69, 9.17) is 18.0 Å². The second-order valence-electron chi connectivity index (χ2n) is 4.64. The number of hydrogen-bond acceptors (Lipinski definition) is 4. The Morgan fingerprint density at radius 3 is 2.79 bits per heavy atom. The largest absolute Gasteiger partial charge is 0.393 e. The van der Waals surface area contributed by atoms with E-state index in [1.54, 1.807) is 13.0 Å². The van der Waals surface area contributed by atoms with Crippen LogP contribution in [0.3, 0.4) is 0 Å². The molecule has 1 saturated carbocycles. The molecule has 0 aromatic carbocycles. The lowest BCUT2D eigenvalue weighted by molar-refractivity contribution is 0.525. The molecular formula is C11H15BrN2O2S3. The third-order valence-electron chi connectivity index (χ3n) is 3.32. The number of nitrogens with one attached hydrogen (secondary N) is 1. The maximum absolute atomic E-state index is 12.4. The molecule has 1 fully saturated rings. The van der Waals surface area contributed by atoms with Gasteiger partial charge in [-0.2, -0.15) is 0 Å². The first kappa shape index (κ1) is 15.4. The van der Waals surface area contributed by atoms with Crippen molar-refractivity contribution in [3.63, 3.8) is 0 Å².